The van der Waals surface area contributed by atoms with Crippen LogP contribution in [0, 0.1) is 12.3 Å². The topological polar surface area (TPSA) is 55.1 Å². The van der Waals surface area contributed by atoms with Gasteiger partial charge in [-0.25, -0.2) is 0 Å². The van der Waals surface area contributed by atoms with E-state index in [9.17, 15) is 4.79 Å². The lowest BCUT2D eigenvalue weighted by molar-refractivity contribution is -0.122. The molecule has 0 heterocycles. The van der Waals surface area contributed by atoms with E-state index in [1.54, 1.807) is 6.92 Å². The zero-order valence-corrected chi connectivity index (χ0v) is 6.92. The van der Waals surface area contributed by atoms with Gasteiger partial charge in [0.1, 0.15) is 0 Å². The maximum absolute atomic E-state index is 10.9. The third-order valence-corrected chi connectivity index (χ3v) is 1.34. The Labute approximate surface area is 67.3 Å². The predicted molar refractivity (Wildman–Crippen MR) is 44.7 cm³/mol. The van der Waals surface area contributed by atoms with Crippen molar-refractivity contribution in [1.82, 2.24) is 5.32 Å². The summed E-state index contributed by atoms with van der Waals surface area (Å²) < 4.78 is 0. The van der Waals surface area contributed by atoms with E-state index < -0.39 is 6.04 Å². The summed E-state index contributed by atoms with van der Waals surface area (Å²) >= 11 is 0. The first kappa shape index (κ1) is 9.99. The Balaban J connectivity index is 3.84. The van der Waals surface area contributed by atoms with Crippen LogP contribution >= 0.6 is 0 Å². The Morgan fingerprint density at radius 2 is 2.36 bits per heavy atom. The lowest BCUT2D eigenvalue weighted by Crippen LogP contribution is -2.43. The van der Waals surface area contributed by atoms with Crippen molar-refractivity contribution in [2.75, 3.05) is 0 Å². The minimum absolute atomic E-state index is 0.187. The molecule has 11 heavy (non-hydrogen) atoms. The molecule has 0 aliphatic rings. The summed E-state index contributed by atoms with van der Waals surface area (Å²) in [6.45, 7) is 3.53. The molecule has 1 unspecified atom stereocenters. The van der Waals surface area contributed by atoms with Gasteiger partial charge in [-0.3, -0.25) is 4.79 Å². The van der Waals surface area contributed by atoms with Crippen LogP contribution in [-0.4, -0.2) is 18.0 Å². The maximum Gasteiger partial charge on any atom is 0.237 e. The van der Waals surface area contributed by atoms with Crippen LogP contribution in [0.1, 0.15) is 20.3 Å². The SMILES string of the molecule is C#CC(CC)NC(=O)[C@@H](C)N. The van der Waals surface area contributed by atoms with Crippen LogP contribution in [0.3, 0.4) is 0 Å². The lowest BCUT2D eigenvalue weighted by atomic mass is 10.2. The minimum Gasteiger partial charge on any atom is -0.341 e. The van der Waals surface area contributed by atoms with E-state index in [-0.39, 0.29) is 11.9 Å². The number of nitrogens with two attached hydrogens (primary N) is 1. The molecule has 62 valence electrons. The normalized spacial score (nSPS) is 14.7. The molecule has 3 nitrogen and oxygen atoms in total. The predicted octanol–water partition coefficient (Wildman–Crippen LogP) is -0.138. The van der Waals surface area contributed by atoms with E-state index in [0.29, 0.717) is 0 Å². The lowest BCUT2D eigenvalue weighted by Gasteiger charge is -2.12. The Bertz CT molecular complexity index is 169. The molecule has 0 rings (SSSR count). The standard InChI is InChI=1S/C8H14N2O/c1-4-7(5-2)10-8(11)6(3)9/h1,6-7H,5,9H2,2-3H3,(H,10,11)/t6-,7?/m1/s1. The molecular weight excluding hydrogens is 140 g/mol. The van der Waals surface area contributed by atoms with Crippen molar-refractivity contribution in [3.8, 4) is 12.3 Å². The van der Waals surface area contributed by atoms with E-state index in [2.05, 4.69) is 11.2 Å². The minimum atomic E-state index is -0.489. The van der Waals surface area contributed by atoms with Gasteiger partial charge in [0.2, 0.25) is 5.91 Å². The first-order valence-electron chi connectivity index (χ1n) is 3.63. The fourth-order valence-electron chi connectivity index (χ4n) is 0.565. The number of hydrogen-bond acceptors (Lipinski definition) is 2. The number of nitrogens with one attached hydrogen (secondary N) is 1. The van der Waals surface area contributed by atoms with Crippen LogP contribution in [-0.2, 0) is 4.79 Å². The van der Waals surface area contributed by atoms with Gasteiger partial charge in [0.05, 0.1) is 12.1 Å². The molecule has 0 fully saturated rings. The van der Waals surface area contributed by atoms with Gasteiger partial charge in [-0.05, 0) is 13.3 Å². The molecule has 0 saturated carbocycles. The number of amides is 1. The summed E-state index contributed by atoms with van der Waals surface area (Å²) in [7, 11) is 0. The van der Waals surface area contributed by atoms with E-state index >= 15 is 0 Å². The van der Waals surface area contributed by atoms with Gasteiger partial charge in [0.25, 0.3) is 0 Å². The summed E-state index contributed by atoms with van der Waals surface area (Å²) in [6.07, 6.45) is 5.86. The molecule has 0 spiro atoms. The van der Waals surface area contributed by atoms with Crippen molar-refractivity contribution in [1.29, 1.82) is 0 Å². The van der Waals surface area contributed by atoms with Crippen LogP contribution in [0.15, 0.2) is 0 Å². The number of carbonyl (C=O) groups excluding carboxylic acids is 1. The fraction of sp³-hybridized carbons (Fsp3) is 0.625. The van der Waals surface area contributed by atoms with Crippen LogP contribution in [0.4, 0.5) is 0 Å². The van der Waals surface area contributed by atoms with Crippen LogP contribution in [0.5, 0.6) is 0 Å². The van der Waals surface area contributed by atoms with Crippen LogP contribution in [0.2, 0.25) is 0 Å². The zero-order valence-electron chi connectivity index (χ0n) is 6.92. The average Bonchev–Trinajstić information content (AvgIpc) is 1.99. The molecule has 0 radical (unpaired) electrons. The molecule has 0 aliphatic carbocycles. The monoisotopic (exact) mass is 154 g/mol. The largest absolute Gasteiger partial charge is 0.341 e. The third kappa shape index (κ3) is 3.64. The van der Waals surface area contributed by atoms with Gasteiger partial charge in [-0.2, -0.15) is 0 Å². The van der Waals surface area contributed by atoms with Crippen LogP contribution < -0.4 is 11.1 Å². The molecule has 0 aromatic carbocycles. The molecule has 0 aromatic rings. The van der Waals surface area contributed by atoms with Gasteiger partial charge in [-0.1, -0.05) is 12.8 Å². The average molecular weight is 154 g/mol. The molecule has 1 amide bonds. The molecule has 0 aromatic heterocycles. The second kappa shape index (κ2) is 4.75. The molecule has 2 atom stereocenters. The van der Waals surface area contributed by atoms with Gasteiger partial charge in [0, 0.05) is 0 Å². The Morgan fingerprint density at radius 3 is 2.64 bits per heavy atom. The summed E-state index contributed by atoms with van der Waals surface area (Å²) in [6, 6.07) is -0.675. The van der Waals surface area contributed by atoms with Crippen molar-refractivity contribution in [2.24, 2.45) is 5.73 Å². The smallest absolute Gasteiger partial charge is 0.237 e. The van der Waals surface area contributed by atoms with E-state index in [1.165, 1.54) is 0 Å². The third-order valence-electron chi connectivity index (χ3n) is 1.34. The fourth-order valence-corrected chi connectivity index (χ4v) is 0.565. The van der Waals surface area contributed by atoms with Gasteiger partial charge >= 0.3 is 0 Å². The molecule has 0 aliphatic heterocycles. The highest BCUT2D eigenvalue weighted by Gasteiger charge is 2.10. The highest BCUT2D eigenvalue weighted by atomic mass is 16.2. The van der Waals surface area contributed by atoms with Gasteiger partial charge in [0.15, 0.2) is 0 Å². The van der Waals surface area contributed by atoms with Crippen LogP contribution in [0.25, 0.3) is 0 Å². The van der Waals surface area contributed by atoms with E-state index in [1.807, 2.05) is 6.92 Å². The molecule has 0 bridgehead atoms. The van der Waals surface area contributed by atoms with Crippen molar-refractivity contribution in [3.05, 3.63) is 0 Å². The number of rotatable bonds is 3. The summed E-state index contributed by atoms with van der Waals surface area (Å²) in [4.78, 5) is 10.9. The van der Waals surface area contributed by atoms with Gasteiger partial charge in [-0.15, -0.1) is 6.42 Å². The van der Waals surface area contributed by atoms with E-state index in [0.717, 1.165) is 6.42 Å². The highest BCUT2D eigenvalue weighted by Crippen LogP contribution is 1.88. The quantitative estimate of drug-likeness (QED) is 0.556. The summed E-state index contributed by atoms with van der Waals surface area (Å²) in [5, 5.41) is 2.62. The van der Waals surface area contributed by atoms with Crippen molar-refractivity contribution >= 4 is 5.91 Å². The molecule has 0 saturated heterocycles. The number of hydrogen-bond donors (Lipinski definition) is 2. The van der Waals surface area contributed by atoms with E-state index in [4.69, 9.17) is 12.2 Å². The second-order valence-electron chi connectivity index (χ2n) is 2.42. The zero-order chi connectivity index (χ0) is 8.85. The number of terminal acetylenes is 1. The Hall–Kier alpha value is -1.01. The summed E-state index contributed by atoms with van der Waals surface area (Å²) in [5.74, 6) is 2.25. The molecule has 3 N–H and O–H groups in total. The highest BCUT2D eigenvalue weighted by molar-refractivity contribution is 5.81. The van der Waals surface area contributed by atoms with Gasteiger partial charge < -0.3 is 11.1 Å². The number of carbonyl (C=O) groups is 1. The maximum atomic E-state index is 10.9. The first-order chi connectivity index (χ1) is 5.11. The van der Waals surface area contributed by atoms with Crippen molar-refractivity contribution in [2.45, 2.75) is 32.4 Å². The molecular formula is C8H14N2O. The molecule has 3 heteroatoms. The summed E-state index contributed by atoms with van der Waals surface area (Å²) in [5.41, 5.74) is 5.31. The second-order valence-corrected chi connectivity index (χ2v) is 2.42. The van der Waals surface area contributed by atoms with Crippen molar-refractivity contribution < 1.29 is 4.79 Å². The Kier molecular flexibility index (Phi) is 4.32. The van der Waals surface area contributed by atoms with Crippen molar-refractivity contribution in [3.63, 3.8) is 0 Å². The first-order valence-corrected chi connectivity index (χ1v) is 3.63. The Morgan fingerprint density at radius 1 is 1.82 bits per heavy atom.